The molecule has 0 amide bonds. The maximum atomic E-state index is 5.41. The molecular weight excluding hydrogens is 268 g/mol. The summed E-state index contributed by atoms with van der Waals surface area (Å²) in [4.78, 5) is 8.79. The molecule has 3 N–H and O–H groups in total. The number of anilines is 1. The lowest BCUT2D eigenvalue weighted by Crippen LogP contribution is -2.11. The maximum absolute atomic E-state index is 5.41. The van der Waals surface area contributed by atoms with Crippen LogP contribution in [0.4, 0.5) is 5.82 Å². The standard InChI is InChI=1S/C10H14N6S2/c1-5(2)9-12-7(14-11)4-8(13-9)18-10-16-15-6(3)17-10/h4-5H,11H2,1-3H3,(H,12,13,14). The van der Waals surface area contributed by atoms with E-state index >= 15 is 0 Å². The minimum Gasteiger partial charge on any atom is -0.308 e. The molecule has 0 saturated heterocycles. The van der Waals surface area contributed by atoms with Crippen LogP contribution >= 0.6 is 23.1 Å². The third-order valence-electron chi connectivity index (χ3n) is 2.08. The van der Waals surface area contributed by atoms with Crippen molar-refractivity contribution >= 4 is 28.9 Å². The second-order valence-corrected chi connectivity index (χ2v) is 6.39. The Bertz CT molecular complexity index is 539. The summed E-state index contributed by atoms with van der Waals surface area (Å²) in [5, 5.41) is 9.79. The number of nitrogen functional groups attached to an aromatic ring is 1. The van der Waals surface area contributed by atoms with Crippen LogP contribution in [0.25, 0.3) is 0 Å². The van der Waals surface area contributed by atoms with Crippen LogP contribution in [0.3, 0.4) is 0 Å². The van der Waals surface area contributed by atoms with Crippen molar-refractivity contribution in [1.82, 2.24) is 20.2 Å². The first kappa shape index (κ1) is 13.2. The predicted octanol–water partition coefficient (Wildman–Crippen LogP) is 2.20. The molecule has 0 aliphatic carbocycles. The van der Waals surface area contributed by atoms with Gasteiger partial charge in [-0.2, -0.15) is 0 Å². The summed E-state index contributed by atoms with van der Waals surface area (Å²) in [5.41, 5.74) is 2.56. The lowest BCUT2D eigenvalue weighted by molar-refractivity contribution is 0.754. The van der Waals surface area contributed by atoms with Gasteiger partial charge in [0, 0.05) is 12.0 Å². The van der Waals surface area contributed by atoms with Gasteiger partial charge in [-0.25, -0.2) is 15.8 Å². The number of nitrogens with one attached hydrogen (secondary N) is 1. The Morgan fingerprint density at radius 2 is 2.11 bits per heavy atom. The minimum atomic E-state index is 0.244. The van der Waals surface area contributed by atoms with Crippen LogP contribution in [0.15, 0.2) is 15.4 Å². The average Bonchev–Trinajstić information content (AvgIpc) is 2.74. The first-order chi connectivity index (χ1) is 8.58. The smallest absolute Gasteiger partial charge is 0.180 e. The lowest BCUT2D eigenvalue weighted by atomic mass is 10.2. The third-order valence-corrected chi connectivity index (χ3v) is 3.89. The molecule has 0 aliphatic heterocycles. The highest BCUT2D eigenvalue weighted by atomic mass is 32.2. The van der Waals surface area contributed by atoms with Crippen LogP contribution < -0.4 is 11.3 Å². The molecule has 0 aliphatic rings. The fraction of sp³-hybridized carbons (Fsp3) is 0.400. The maximum Gasteiger partial charge on any atom is 0.180 e. The summed E-state index contributed by atoms with van der Waals surface area (Å²) >= 11 is 3.01. The molecule has 0 spiro atoms. The fourth-order valence-electron chi connectivity index (χ4n) is 1.24. The Kier molecular flexibility index (Phi) is 4.10. The van der Waals surface area contributed by atoms with E-state index in [-0.39, 0.29) is 5.92 Å². The molecule has 0 unspecified atom stereocenters. The SMILES string of the molecule is Cc1nnc(Sc2cc(NN)nc(C(C)C)n2)s1. The second-order valence-electron chi connectivity index (χ2n) is 3.94. The van der Waals surface area contributed by atoms with Crippen LogP contribution in [-0.4, -0.2) is 20.2 Å². The quantitative estimate of drug-likeness (QED) is 0.504. The van der Waals surface area contributed by atoms with Crippen LogP contribution in [0.2, 0.25) is 0 Å². The van der Waals surface area contributed by atoms with Crippen LogP contribution in [0.5, 0.6) is 0 Å². The highest BCUT2D eigenvalue weighted by molar-refractivity contribution is 8.01. The molecule has 8 heteroatoms. The summed E-state index contributed by atoms with van der Waals surface area (Å²) in [6.07, 6.45) is 0. The third kappa shape index (κ3) is 3.15. The van der Waals surface area contributed by atoms with E-state index < -0.39 is 0 Å². The molecule has 0 aromatic carbocycles. The summed E-state index contributed by atoms with van der Waals surface area (Å²) in [7, 11) is 0. The van der Waals surface area contributed by atoms with Gasteiger partial charge in [-0.3, -0.25) is 0 Å². The molecule has 2 rings (SSSR count). The van der Waals surface area contributed by atoms with Crippen molar-refractivity contribution in [3.63, 3.8) is 0 Å². The van der Waals surface area contributed by atoms with Crippen molar-refractivity contribution < 1.29 is 0 Å². The number of rotatable bonds is 4. The van der Waals surface area contributed by atoms with E-state index in [0.717, 1.165) is 20.2 Å². The molecule has 6 nitrogen and oxygen atoms in total. The van der Waals surface area contributed by atoms with Crippen molar-refractivity contribution in [2.45, 2.75) is 36.1 Å². The average molecular weight is 282 g/mol. The van der Waals surface area contributed by atoms with Crippen molar-refractivity contribution in [2.75, 3.05) is 5.43 Å². The van der Waals surface area contributed by atoms with Gasteiger partial charge >= 0.3 is 0 Å². The molecule has 0 saturated carbocycles. The number of aryl methyl sites for hydroxylation is 1. The van der Waals surface area contributed by atoms with E-state index in [1.807, 2.05) is 20.8 Å². The van der Waals surface area contributed by atoms with Gasteiger partial charge in [-0.05, 0) is 18.7 Å². The number of hydrazine groups is 1. The number of hydrogen-bond acceptors (Lipinski definition) is 8. The Labute approximate surface area is 113 Å². The van der Waals surface area contributed by atoms with Gasteiger partial charge in [-0.1, -0.05) is 25.2 Å². The lowest BCUT2D eigenvalue weighted by Gasteiger charge is -2.08. The summed E-state index contributed by atoms with van der Waals surface area (Å²) < 4.78 is 0.865. The Morgan fingerprint density at radius 1 is 1.33 bits per heavy atom. The first-order valence-electron chi connectivity index (χ1n) is 5.42. The molecule has 0 bridgehead atoms. The predicted molar refractivity (Wildman–Crippen MR) is 72.7 cm³/mol. The molecule has 2 aromatic rings. The summed E-state index contributed by atoms with van der Waals surface area (Å²) in [6, 6.07) is 1.80. The van der Waals surface area contributed by atoms with Crippen molar-refractivity contribution in [1.29, 1.82) is 0 Å². The van der Waals surface area contributed by atoms with Gasteiger partial charge in [0.05, 0.1) is 0 Å². The highest BCUT2D eigenvalue weighted by Gasteiger charge is 2.10. The molecule has 2 heterocycles. The van der Waals surface area contributed by atoms with Crippen molar-refractivity contribution in [2.24, 2.45) is 5.84 Å². The number of aromatic nitrogens is 4. The number of hydrogen-bond donors (Lipinski definition) is 2. The monoisotopic (exact) mass is 282 g/mol. The Balaban J connectivity index is 2.29. The van der Waals surface area contributed by atoms with E-state index in [9.17, 15) is 0 Å². The molecule has 2 aromatic heterocycles. The van der Waals surface area contributed by atoms with Crippen LogP contribution in [0, 0.1) is 6.92 Å². The van der Waals surface area contributed by atoms with E-state index in [1.165, 1.54) is 23.1 Å². The molecule has 0 fully saturated rings. The van der Waals surface area contributed by atoms with Gasteiger partial charge in [0.1, 0.15) is 21.7 Å². The second kappa shape index (κ2) is 5.59. The molecular formula is C10H14N6S2. The molecule has 0 atom stereocenters. The van der Waals surface area contributed by atoms with Crippen molar-refractivity contribution in [3.05, 3.63) is 16.9 Å². The van der Waals surface area contributed by atoms with Crippen LogP contribution in [-0.2, 0) is 0 Å². The largest absolute Gasteiger partial charge is 0.308 e. The van der Waals surface area contributed by atoms with E-state index in [2.05, 4.69) is 25.6 Å². The summed E-state index contributed by atoms with van der Waals surface area (Å²) in [6.45, 7) is 6.01. The topological polar surface area (TPSA) is 89.6 Å². The molecule has 18 heavy (non-hydrogen) atoms. The minimum absolute atomic E-state index is 0.244. The normalized spacial score (nSPS) is 10.9. The zero-order valence-corrected chi connectivity index (χ0v) is 12.0. The highest BCUT2D eigenvalue weighted by Crippen LogP contribution is 2.30. The number of nitrogens with zero attached hydrogens (tertiary/aromatic N) is 4. The Hall–Kier alpha value is -1.25. The van der Waals surface area contributed by atoms with Gasteiger partial charge in [0.25, 0.3) is 0 Å². The molecule has 0 radical (unpaired) electrons. The van der Waals surface area contributed by atoms with Gasteiger partial charge in [0.15, 0.2) is 4.34 Å². The zero-order valence-electron chi connectivity index (χ0n) is 10.3. The van der Waals surface area contributed by atoms with Crippen molar-refractivity contribution in [3.8, 4) is 0 Å². The summed E-state index contributed by atoms with van der Waals surface area (Å²) in [5.74, 6) is 7.02. The number of nitrogens with two attached hydrogens (primary N) is 1. The van der Waals surface area contributed by atoms with Gasteiger partial charge in [0.2, 0.25) is 0 Å². The fourth-order valence-corrected chi connectivity index (χ4v) is 3.01. The van der Waals surface area contributed by atoms with E-state index in [4.69, 9.17) is 5.84 Å². The molecule has 96 valence electrons. The zero-order chi connectivity index (χ0) is 13.1. The van der Waals surface area contributed by atoms with Crippen LogP contribution in [0.1, 0.15) is 30.6 Å². The first-order valence-corrected chi connectivity index (χ1v) is 7.05. The van der Waals surface area contributed by atoms with Gasteiger partial charge in [-0.15, -0.1) is 10.2 Å². The Morgan fingerprint density at radius 3 is 2.67 bits per heavy atom. The van der Waals surface area contributed by atoms with E-state index in [0.29, 0.717) is 5.82 Å². The van der Waals surface area contributed by atoms with E-state index in [1.54, 1.807) is 6.07 Å². The van der Waals surface area contributed by atoms with Gasteiger partial charge < -0.3 is 5.43 Å².